The van der Waals surface area contributed by atoms with E-state index in [1.54, 1.807) is 0 Å². The first-order valence-corrected chi connectivity index (χ1v) is 10.4. The van der Waals surface area contributed by atoms with Gasteiger partial charge in [0, 0.05) is 6.16 Å². The van der Waals surface area contributed by atoms with Gasteiger partial charge in [0.2, 0.25) is 0 Å². The average Bonchev–Trinajstić information content (AvgIpc) is 2.38. The second-order valence-corrected chi connectivity index (χ2v) is 7.76. The van der Waals surface area contributed by atoms with Gasteiger partial charge in [-0.1, -0.05) is 90.4 Å². The fraction of sp³-hybridized carbons (Fsp3) is 1.00. The Labute approximate surface area is 182 Å². The third kappa shape index (κ3) is 27.0. The Hall–Kier alpha value is 2.15. The van der Waals surface area contributed by atoms with E-state index in [1.165, 1.54) is 70.6 Å². The zero-order valence-electron chi connectivity index (χ0n) is 13.4. The van der Waals surface area contributed by atoms with Gasteiger partial charge in [0.15, 0.2) is 0 Å². The molecule has 0 aromatic heterocycles. The molecule has 0 fully saturated rings. The summed E-state index contributed by atoms with van der Waals surface area (Å²) in [6.45, 7) is 2.26. The fourth-order valence-electron chi connectivity index (χ4n) is 2.51. The first-order chi connectivity index (χ1) is 9.56. The van der Waals surface area contributed by atoms with Crippen LogP contribution in [0.5, 0.6) is 0 Å². The molecule has 0 amide bonds. The van der Waals surface area contributed by atoms with E-state index in [0.29, 0.717) is 6.42 Å². The molecule has 0 saturated heterocycles. The van der Waals surface area contributed by atoms with Crippen molar-refractivity contribution in [2.75, 3.05) is 6.16 Å². The second-order valence-electron chi connectivity index (χ2n) is 5.98. The molecular formula is C16H37Na2O3P. The van der Waals surface area contributed by atoms with Crippen molar-refractivity contribution in [3.8, 4) is 0 Å². The quantitative estimate of drug-likeness (QED) is 0.261. The van der Waals surface area contributed by atoms with Gasteiger partial charge in [-0.3, -0.25) is 4.57 Å². The van der Waals surface area contributed by atoms with Gasteiger partial charge in [0.05, 0.1) is 0 Å². The van der Waals surface area contributed by atoms with Gasteiger partial charge in [0.25, 0.3) is 0 Å². The van der Waals surface area contributed by atoms with Gasteiger partial charge in [-0.25, -0.2) is 0 Å². The van der Waals surface area contributed by atoms with Crippen molar-refractivity contribution in [1.82, 2.24) is 0 Å². The Balaban J connectivity index is -0.00000180. The zero-order chi connectivity index (χ0) is 15.1. The maximum absolute atomic E-state index is 10.6. The number of rotatable bonds is 15. The molecule has 0 aromatic carbocycles. The standard InChI is InChI=1S/C16H35O3P.2Na.2H/c1-2-3-4-5-6-7-8-9-10-11-12-13-14-15-16-20(17,18)19;;;;/h2-16H2,1H3,(H2,17,18,19);;;;. The molecule has 0 aliphatic carbocycles. The predicted octanol–water partition coefficient (Wildman–Crippen LogP) is 4.35. The molecular weight excluding hydrogens is 317 g/mol. The molecule has 2 N–H and O–H groups in total. The monoisotopic (exact) mass is 354 g/mol. The maximum atomic E-state index is 10.6. The van der Waals surface area contributed by atoms with E-state index in [4.69, 9.17) is 9.79 Å². The molecule has 0 aliphatic heterocycles. The van der Waals surface area contributed by atoms with Crippen molar-refractivity contribution in [3.63, 3.8) is 0 Å². The van der Waals surface area contributed by atoms with Crippen molar-refractivity contribution < 1.29 is 14.4 Å². The molecule has 22 heavy (non-hydrogen) atoms. The molecule has 0 unspecified atom stereocenters. The topological polar surface area (TPSA) is 57.5 Å². The van der Waals surface area contributed by atoms with Gasteiger partial charge < -0.3 is 9.79 Å². The zero-order valence-corrected chi connectivity index (χ0v) is 14.3. The van der Waals surface area contributed by atoms with Crippen LogP contribution in [0.2, 0.25) is 0 Å². The van der Waals surface area contributed by atoms with Gasteiger partial charge in [-0.15, -0.1) is 0 Å². The average molecular weight is 354 g/mol. The van der Waals surface area contributed by atoms with Crippen LogP contribution in [-0.2, 0) is 4.57 Å². The third-order valence-electron chi connectivity index (χ3n) is 3.80. The molecule has 126 valence electrons. The van der Waals surface area contributed by atoms with Crippen molar-refractivity contribution in [2.24, 2.45) is 0 Å². The van der Waals surface area contributed by atoms with Gasteiger partial charge in [0.1, 0.15) is 0 Å². The number of unbranched alkanes of at least 4 members (excludes halogenated alkanes) is 13. The van der Waals surface area contributed by atoms with E-state index in [1.807, 2.05) is 0 Å². The molecule has 0 saturated carbocycles. The summed E-state index contributed by atoms with van der Waals surface area (Å²) in [6, 6.07) is 0. The molecule has 0 atom stereocenters. The summed E-state index contributed by atoms with van der Waals surface area (Å²) in [6.07, 6.45) is 17.7. The van der Waals surface area contributed by atoms with E-state index in [-0.39, 0.29) is 65.3 Å². The van der Waals surface area contributed by atoms with Crippen LogP contribution in [-0.4, -0.2) is 75.1 Å². The molecule has 0 spiro atoms. The van der Waals surface area contributed by atoms with Crippen LogP contribution in [0, 0.1) is 0 Å². The first kappa shape index (κ1) is 28.9. The molecule has 3 nitrogen and oxygen atoms in total. The fourth-order valence-corrected chi connectivity index (χ4v) is 3.15. The van der Waals surface area contributed by atoms with Crippen LogP contribution >= 0.6 is 7.60 Å². The third-order valence-corrected chi connectivity index (χ3v) is 4.70. The number of hydrogen-bond donors (Lipinski definition) is 2. The molecule has 0 heterocycles. The molecule has 0 radical (unpaired) electrons. The SMILES string of the molecule is CCCCCCCCCCCCCCCCP(=O)(O)O.[NaH].[NaH]. The van der Waals surface area contributed by atoms with Crippen LogP contribution in [0.3, 0.4) is 0 Å². The molecule has 0 aromatic rings. The minimum atomic E-state index is -3.75. The van der Waals surface area contributed by atoms with Gasteiger partial charge in [-0.2, -0.15) is 0 Å². The first-order valence-electron chi connectivity index (χ1n) is 8.61. The van der Waals surface area contributed by atoms with Crippen LogP contribution in [0.1, 0.15) is 96.8 Å². The van der Waals surface area contributed by atoms with Crippen molar-refractivity contribution in [3.05, 3.63) is 0 Å². The Bertz CT molecular complexity index is 248. The summed E-state index contributed by atoms with van der Waals surface area (Å²) in [7, 11) is -3.75. The molecule has 0 rings (SSSR count). The van der Waals surface area contributed by atoms with E-state index in [9.17, 15) is 4.57 Å². The van der Waals surface area contributed by atoms with E-state index < -0.39 is 7.60 Å². The molecule has 0 aliphatic rings. The van der Waals surface area contributed by atoms with E-state index in [2.05, 4.69) is 6.92 Å². The summed E-state index contributed by atoms with van der Waals surface area (Å²) in [5.41, 5.74) is 0. The molecule has 0 bridgehead atoms. The Morgan fingerprint density at radius 2 is 0.864 bits per heavy atom. The van der Waals surface area contributed by atoms with Crippen LogP contribution < -0.4 is 0 Å². The normalized spacial score (nSPS) is 10.9. The summed E-state index contributed by atoms with van der Waals surface area (Å²) < 4.78 is 10.6. The summed E-state index contributed by atoms with van der Waals surface area (Å²) in [5, 5.41) is 0. The summed E-state index contributed by atoms with van der Waals surface area (Å²) >= 11 is 0. The minimum absolute atomic E-state index is 0. The summed E-state index contributed by atoms with van der Waals surface area (Å²) in [4.78, 5) is 17.4. The van der Waals surface area contributed by atoms with Crippen molar-refractivity contribution in [1.29, 1.82) is 0 Å². The van der Waals surface area contributed by atoms with E-state index >= 15 is 0 Å². The molecule has 6 heteroatoms. The number of hydrogen-bond acceptors (Lipinski definition) is 1. The van der Waals surface area contributed by atoms with Gasteiger partial charge in [-0.05, 0) is 6.42 Å². The predicted molar refractivity (Wildman–Crippen MR) is 102 cm³/mol. The van der Waals surface area contributed by atoms with Crippen LogP contribution in [0.15, 0.2) is 0 Å². The summed E-state index contributed by atoms with van der Waals surface area (Å²) in [5.74, 6) is 0. The van der Waals surface area contributed by atoms with E-state index in [0.717, 1.165) is 12.8 Å². The van der Waals surface area contributed by atoms with Crippen LogP contribution in [0.25, 0.3) is 0 Å². The Kier molecular flexibility index (Phi) is 27.9. The van der Waals surface area contributed by atoms with Crippen molar-refractivity contribution >= 4 is 66.7 Å². The van der Waals surface area contributed by atoms with Crippen LogP contribution in [0.4, 0.5) is 0 Å². The van der Waals surface area contributed by atoms with Crippen molar-refractivity contribution in [2.45, 2.75) is 96.8 Å². The van der Waals surface area contributed by atoms with Gasteiger partial charge >= 0.3 is 66.7 Å². The Morgan fingerprint density at radius 1 is 0.591 bits per heavy atom. The Morgan fingerprint density at radius 3 is 1.14 bits per heavy atom. The second kappa shape index (κ2) is 21.2.